The van der Waals surface area contributed by atoms with Crippen LogP contribution in [0.15, 0.2) is 23.9 Å². The van der Waals surface area contributed by atoms with Gasteiger partial charge in [0.2, 0.25) is 11.5 Å². The van der Waals surface area contributed by atoms with E-state index in [1.807, 2.05) is 0 Å². The summed E-state index contributed by atoms with van der Waals surface area (Å²) in [6.45, 7) is 7.72. The number of hydrogen-bond acceptors (Lipinski definition) is 7. The second-order valence-corrected chi connectivity index (χ2v) is 7.22. The van der Waals surface area contributed by atoms with E-state index in [1.54, 1.807) is 20.8 Å². The monoisotopic (exact) mass is 472 g/mol. The van der Waals surface area contributed by atoms with E-state index in [1.165, 1.54) is 19.9 Å². The van der Waals surface area contributed by atoms with Gasteiger partial charge in [-0.25, -0.2) is 18.8 Å². The van der Waals surface area contributed by atoms with Crippen molar-refractivity contribution in [2.45, 2.75) is 46.6 Å². The number of halogens is 2. The molecule has 1 rings (SSSR count). The summed E-state index contributed by atoms with van der Waals surface area (Å²) >= 11 is 5.96. The fourth-order valence-corrected chi connectivity index (χ4v) is 2.55. The van der Waals surface area contributed by atoms with Crippen LogP contribution in [0.25, 0.3) is 0 Å². The molecule has 0 aliphatic carbocycles. The van der Waals surface area contributed by atoms with Crippen LogP contribution in [0, 0.1) is 5.82 Å². The molecule has 0 aliphatic heterocycles. The van der Waals surface area contributed by atoms with E-state index in [0.29, 0.717) is 0 Å². The van der Waals surface area contributed by atoms with E-state index in [-0.39, 0.29) is 41.6 Å². The Bertz CT molecular complexity index is 916. The summed E-state index contributed by atoms with van der Waals surface area (Å²) in [5, 5.41) is 4.42. The van der Waals surface area contributed by atoms with Gasteiger partial charge in [-0.3, -0.25) is 10.1 Å². The van der Waals surface area contributed by atoms with Crippen molar-refractivity contribution < 1.29 is 37.8 Å². The van der Waals surface area contributed by atoms with E-state index in [9.17, 15) is 23.6 Å². The van der Waals surface area contributed by atoms with Gasteiger partial charge in [-0.1, -0.05) is 17.7 Å². The maximum atomic E-state index is 14.3. The zero-order chi connectivity index (χ0) is 24.5. The average Bonchev–Trinajstić information content (AvgIpc) is 2.69. The SMILES string of the molecule is C/C=C(/CC(=O)Nc1cc(C(=O)OC(C)(C)C(=O)OCC)c(Cl)cc1F)NC(=O)OCC. The Balaban J connectivity index is 2.99. The Morgan fingerprint density at radius 1 is 1.12 bits per heavy atom. The van der Waals surface area contributed by atoms with Crippen molar-refractivity contribution in [3.63, 3.8) is 0 Å². The van der Waals surface area contributed by atoms with Crippen molar-refractivity contribution in [3.8, 4) is 0 Å². The van der Waals surface area contributed by atoms with Gasteiger partial charge in [0.25, 0.3) is 0 Å². The van der Waals surface area contributed by atoms with Crippen molar-refractivity contribution in [1.29, 1.82) is 0 Å². The van der Waals surface area contributed by atoms with Crippen LogP contribution in [-0.4, -0.2) is 42.8 Å². The molecule has 0 saturated carbocycles. The molecule has 0 saturated heterocycles. The van der Waals surface area contributed by atoms with E-state index in [2.05, 4.69) is 10.6 Å². The molecule has 176 valence electrons. The van der Waals surface area contributed by atoms with Crippen molar-refractivity contribution in [1.82, 2.24) is 5.32 Å². The smallest absolute Gasteiger partial charge is 0.411 e. The van der Waals surface area contributed by atoms with E-state index in [0.717, 1.165) is 12.1 Å². The third-order valence-electron chi connectivity index (χ3n) is 3.90. The number of hydrogen-bond donors (Lipinski definition) is 2. The molecule has 0 bridgehead atoms. The fourth-order valence-electron chi connectivity index (χ4n) is 2.32. The molecule has 32 heavy (non-hydrogen) atoms. The Hall–Kier alpha value is -3.14. The molecule has 0 atom stereocenters. The molecule has 0 fully saturated rings. The number of rotatable bonds is 9. The highest BCUT2D eigenvalue weighted by Crippen LogP contribution is 2.27. The van der Waals surface area contributed by atoms with Gasteiger partial charge < -0.3 is 19.5 Å². The Labute approximate surface area is 190 Å². The maximum Gasteiger partial charge on any atom is 0.411 e. The van der Waals surface area contributed by atoms with Crippen LogP contribution in [0.1, 0.15) is 51.4 Å². The number of carbonyl (C=O) groups excluding carboxylic acids is 4. The summed E-state index contributed by atoms with van der Waals surface area (Å²) in [6.07, 6.45) is 0.447. The lowest BCUT2D eigenvalue weighted by Gasteiger charge is -2.23. The molecule has 1 aromatic rings. The second-order valence-electron chi connectivity index (χ2n) is 6.82. The van der Waals surface area contributed by atoms with Gasteiger partial charge in [0.15, 0.2) is 0 Å². The lowest BCUT2D eigenvalue weighted by Crippen LogP contribution is -2.38. The number of nitrogens with one attached hydrogen (secondary N) is 2. The molecular formula is C21H26ClFN2O7. The highest BCUT2D eigenvalue weighted by molar-refractivity contribution is 6.33. The van der Waals surface area contributed by atoms with Crippen LogP contribution in [0.2, 0.25) is 5.02 Å². The lowest BCUT2D eigenvalue weighted by atomic mass is 10.1. The zero-order valence-corrected chi connectivity index (χ0v) is 19.2. The normalized spacial score (nSPS) is 11.4. The maximum absolute atomic E-state index is 14.3. The minimum absolute atomic E-state index is 0.0898. The molecule has 11 heteroatoms. The number of benzene rings is 1. The molecule has 0 spiro atoms. The van der Waals surface area contributed by atoms with Gasteiger partial charge in [0, 0.05) is 5.70 Å². The second kappa shape index (κ2) is 12.0. The molecule has 0 aromatic heterocycles. The number of esters is 2. The number of anilines is 1. The van der Waals surface area contributed by atoms with Crippen LogP contribution < -0.4 is 10.6 Å². The predicted molar refractivity (Wildman–Crippen MR) is 115 cm³/mol. The van der Waals surface area contributed by atoms with Gasteiger partial charge in [-0.15, -0.1) is 0 Å². The van der Waals surface area contributed by atoms with Crippen LogP contribution in [-0.2, 0) is 23.8 Å². The summed E-state index contributed by atoms with van der Waals surface area (Å²) in [5.74, 6) is -3.36. The van der Waals surface area contributed by atoms with Crippen LogP contribution >= 0.6 is 11.6 Å². The number of allylic oxidation sites excluding steroid dienone is 1. The van der Waals surface area contributed by atoms with Crippen LogP contribution in [0.3, 0.4) is 0 Å². The Kier molecular flexibility index (Phi) is 10.1. The Morgan fingerprint density at radius 2 is 1.75 bits per heavy atom. The first-order chi connectivity index (χ1) is 14.9. The minimum atomic E-state index is -1.62. The first kappa shape index (κ1) is 26.9. The summed E-state index contributed by atoms with van der Waals surface area (Å²) in [6, 6.07) is 1.83. The van der Waals surface area contributed by atoms with E-state index >= 15 is 0 Å². The topological polar surface area (TPSA) is 120 Å². The van der Waals surface area contributed by atoms with Gasteiger partial charge in [0.05, 0.1) is 35.9 Å². The molecule has 0 radical (unpaired) electrons. The lowest BCUT2D eigenvalue weighted by molar-refractivity contribution is -0.162. The van der Waals surface area contributed by atoms with Crippen molar-refractivity contribution in [2.24, 2.45) is 0 Å². The number of alkyl carbamates (subject to hydrolysis) is 1. The molecule has 2 amide bonds. The average molecular weight is 473 g/mol. The third kappa shape index (κ3) is 7.84. The largest absolute Gasteiger partial charge is 0.463 e. The van der Waals surface area contributed by atoms with E-state index in [4.69, 9.17) is 25.8 Å². The number of ether oxygens (including phenoxy) is 3. The van der Waals surface area contributed by atoms with Gasteiger partial charge in [0.1, 0.15) is 5.82 Å². The van der Waals surface area contributed by atoms with Crippen molar-refractivity contribution >= 4 is 41.2 Å². The summed E-state index contributed by atoms with van der Waals surface area (Å²) in [4.78, 5) is 48.3. The number of carbonyl (C=O) groups is 4. The standard InChI is InChI=1S/C21H26ClFN2O7/c1-6-12(24-20(29)31-8-3)9-17(26)25-16-10-13(14(22)11-15(16)23)18(27)32-21(4,5)19(28)30-7-2/h6,10-11H,7-9H2,1-5H3,(H,24,29)(H,25,26)/b12-6-. The first-order valence-electron chi connectivity index (χ1n) is 9.73. The predicted octanol–water partition coefficient (Wildman–Crippen LogP) is 3.96. The molecule has 9 nitrogen and oxygen atoms in total. The van der Waals surface area contributed by atoms with Gasteiger partial charge >= 0.3 is 18.0 Å². The molecule has 2 N–H and O–H groups in total. The zero-order valence-electron chi connectivity index (χ0n) is 18.5. The van der Waals surface area contributed by atoms with Crippen LogP contribution in [0.5, 0.6) is 0 Å². The molecular weight excluding hydrogens is 447 g/mol. The van der Waals surface area contributed by atoms with Gasteiger partial charge in [-0.2, -0.15) is 0 Å². The minimum Gasteiger partial charge on any atom is -0.463 e. The molecule has 0 aliphatic rings. The quantitative estimate of drug-likeness (QED) is 0.412. The van der Waals surface area contributed by atoms with Crippen molar-refractivity contribution in [3.05, 3.63) is 40.3 Å². The highest BCUT2D eigenvalue weighted by Gasteiger charge is 2.34. The number of amides is 2. The Morgan fingerprint density at radius 3 is 2.31 bits per heavy atom. The fraction of sp³-hybridized carbons (Fsp3) is 0.429. The molecule has 0 heterocycles. The summed E-state index contributed by atoms with van der Waals surface area (Å²) < 4.78 is 29.1. The van der Waals surface area contributed by atoms with Crippen LogP contribution in [0.4, 0.5) is 14.9 Å². The first-order valence-corrected chi connectivity index (χ1v) is 10.1. The van der Waals surface area contributed by atoms with Gasteiger partial charge in [-0.05, 0) is 46.8 Å². The van der Waals surface area contributed by atoms with Crippen molar-refractivity contribution in [2.75, 3.05) is 18.5 Å². The summed E-state index contributed by atoms with van der Waals surface area (Å²) in [5.41, 5.74) is -2.00. The summed E-state index contributed by atoms with van der Waals surface area (Å²) in [7, 11) is 0. The highest BCUT2D eigenvalue weighted by atomic mass is 35.5. The molecule has 0 unspecified atom stereocenters. The third-order valence-corrected chi connectivity index (χ3v) is 4.22. The molecule has 1 aromatic carbocycles. The van der Waals surface area contributed by atoms with E-state index < -0.39 is 35.4 Å².